The van der Waals surface area contributed by atoms with Crippen molar-refractivity contribution in [3.8, 4) is 0 Å². The summed E-state index contributed by atoms with van der Waals surface area (Å²) in [6, 6.07) is 2.25. The minimum atomic E-state index is 0.325. The van der Waals surface area contributed by atoms with Crippen LogP contribution in [0, 0.1) is 6.92 Å². The van der Waals surface area contributed by atoms with Crippen LogP contribution in [-0.2, 0) is 6.42 Å². The Hall–Kier alpha value is -2.22. The van der Waals surface area contributed by atoms with Crippen molar-refractivity contribution < 1.29 is 0 Å². The molecule has 0 radical (unpaired) electrons. The molecule has 4 heterocycles. The van der Waals surface area contributed by atoms with Crippen LogP contribution in [-0.4, -0.2) is 38.2 Å². The van der Waals surface area contributed by atoms with Crippen LogP contribution in [0.3, 0.4) is 0 Å². The maximum absolute atomic E-state index is 5.62. The number of hydrogen-bond acceptors (Lipinski definition) is 7. The largest absolute Gasteiger partial charge is 0.367 e. The van der Waals surface area contributed by atoms with Crippen molar-refractivity contribution in [2.75, 3.05) is 23.7 Å². The van der Waals surface area contributed by atoms with Gasteiger partial charge in [0.25, 0.3) is 0 Å². The Balaban J connectivity index is 1.59. The Morgan fingerprint density at radius 1 is 1.29 bits per heavy atom. The van der Waals surface area contributed by atoms with Crippen LogP contribution < -0.4 is 10.6 Å². The van der Waals surface area contributed by atoms with Crippen molar-refractivity contribution in [1.82, 2.24) is 25.1 Å². The summed E-state index contributed by atoms with van der Waals surface area (Å²) in [6.45, 7) is 6.06. The van der Waals surface area contributed by atoms with Gasteiger partial charge in [-0.15, -0.1) is 16.4 Å². The number of aryl methyl sites for hydroxylation is 2. The molecule has 24 heavy (non-hydrogen) atoms. The zero-order valence-electron chi connectivity index (χ0n) is 13.9. The van der Waals surface area contributed by atoms with Gasteiger partial charge >= 0.3 is 0 Å². The minimum absolute atomic E-state index is 0.325. The van der Waals surface area contributed by atoms with Gasteiger partial charge in [-0.1, -0.05) is 6.92 Å². The number of rotatable bonds is 3. The van der Waals surface area contributed by atoms with Crippen molar-refractivity contribution in [3.05, 3.63) is 22.6 Å². The fraction of sp³-hybridized carbons (Fsp3) is 0.500. The third-order valence-electron chi connectivity index (χ3n) is 4.59. The number of hydrogen-bond donors (Lipinski definition) is 2. The van der Waals surface area contributed by atoms with Gasteiger partial charge in [0.2, 0.25) is 5.95 Å². The van der Waals surface area contributed by atoms with E-state index in [1.165, 1.54) is 10.3 Å². The molecule has 1 aliphatic heterocycles. The van der Waals surface area contributed by atoms with E-state index in [0.29, 0.717) is 11.9 Å². The molecule has 0 unspecified atom stereocenters. The van der Waals surface area contributed by atoms with E-state index in [2.05, 4.69) is 38.1 Å². The lowest BCUT2D eigenvalue weighted by molar-refractivity contribution is 0.485. The third-order valence-corrected chi connectivity index (χ3v) is 5.76. The smallest absolute Gasteiger partial charge is 0.239 e. The van der Waals surface area contributed by atoms with Crippen molar-refractivity contribution in [3.63, 3.8) is 0 Å². The maximum Gasteiger partial charge on any atom is 0.239 e. The van der Waals surface area contributed by atoms with Gasteiger partial charge in [0.05, 0.1) is 5.39 Å². The van der Waals surface area contributed by atoms with E-state index >= 15 is 0 Å². The average Bonchev–Trinajstić information content (AvgIpc) is 3.20. The van der Waals surface area contributed by atoms with E-state index in [0.717, 1.165) is 54.6 Å². The van der Waals surface area contributed by atoms with Crippen LogP contribution in [0.4, 0.5) is 11.8 Å². The van der Waals surface area contributed by atoms with Gasteiger partial charge < -0.3 is 10.6 Å². The molecule has 1 saturated heterocycles. The first kappa shape index (κ1) is 15.3. The second-order valence-corrected chi connectivity index (χ2v) is 7.33. The fourth-order valence-corrected chi connectivity index (χ4v) is 4.32. The standard InChI is InChI=1S/C16H21N7S/c1-3-11-8-12-14(18-9(2)19-15(12)24-11)23-6-4-10(5-7-23)13-20-16(17)22-21-13/h8,10H,3-7H2,1-2H3,(H3,17,20,21,22). The van der Waals surface area contributed by atoms with Crippen molar-refractivity contribution in [2.45, 2.75) is 39.0 Å². The van der Waals surface area contributed by atoms with Gasteiger partial charge in [-0.3, -0.25) is 5.10 Å². The van der Waals surface area contributed by atoms with E-state index in [4.69, 9.17) is 10.7 Å². The van der Waals surface area contributed by atoms with E-state index in [1.54, 1.807) is 11.3 Å². The summed E-state index contributed by atoms with van der Waals surface area (Å²) in [6.07, 6.45) is 3.07. The van der Waals surface area contributed by atoms with Gasteiger partial charge in [0.15, 0.2) is 0 Å². The van der Waals surface area contributed by atoms with Gasteiger partial charge in [0.1, 0.15) is 22.3 Å². The summed E-state index contributed by atoms with van der Waals surface area (Å²) >= 11 is 1.77. The molecule has 0 spiro atoms. The SMILES string of the molecule is CCc1cc2c(N3CCC(c4nc(N)n[nH]4)CC3)nc(C)nc2s1. The van der Waals surface area contributed by atoms with Crippen LogP contribution in [0.1, 0.15) is 42.2 Å². The number of fused-ring (bicyclic) bond motifs is 1. The molecule has 4 rings (SSSR count). The lowest BCUT2D eigenvalue weighted by Crippen LogP contribution is -2.34. The molecular weight excluding hydrogens is 322 g/mol. The predicted octanol–water partition coefficient (Wildman–Crippen LogP) is 2.65. The van der Waals surface area contributed by atoms with Crippen LogP contribution in [0.15, 0.2) is 6.07 Å². The Bertz CT molecular complexity index is 861. The summed E-state index contributed by atoms with van der Waals surface area (Å²) in [4.78, 5) is 18.5. The molecule has 0 saturated carbocycles. The highest BCUT2D eigenvalue weighted by atomic mass is 32.1. The van der Waals surface area contributed by atoms with Crippen molar-refractivity contribution >= 4 is 33.3 Å². The zero-order valence-corrected chi connectivity index (χ0v) is 14.7. The first-order valence-corrected chi connectivity index (χ1v) is 9.15. The highest BCUT2D eigenvalue weighted by Gasteiger charge is 2.25. The Morgan fingerprint density at radius 3 is 2.75 bits per heavy atom. The molecule has 1 aliphatic rings. The molecule has 0 bridgehead atoms. The molecule has 0 atom stereocenters. The molecule has 126 valence electrons. The topological polar surface area (TPSA) is 96.6 Å². The number of thiophene rings is 1. The molecular formula is C16H21N7S. The first-order chi connectivity index (χ1) is 11.6. The molecule has 0 aliphatic carbocycles. The Labute approximate surface area is 144 Å². The number of anilines is 2. The van der Waals surface area contributed by atoms with E-state index in [1.807, 2.05) is 6.92 Å². The quantitative estimate of drug-likeness (QED) is 0.759. The van der Waals surface area contributed by atoms with E-state index < -0.39 is 0 Å². The summed E-state index contributed by atoms with van der Waals surface area (Å²) < 4.78 is 0. The van der Waals surface area contributed by atoms with Crippen molar-refractivity contribution in [1.29, 1.82) is 0 Å². The van der Waals surface area contributed by atoms with Crippen LogP contribution >= 0.6 is 11.3 Å². The monoisotopic (exact) mass is 343 g/mol. The molecule has 1 fully saturated rings. The highest BCUT2D eigenvalue weighted by Crippen LogP contribution is 2.34. The summed E-state index contributed by atoms with van der Waals surface area (Å²) in [5.41, 5.74) is 5.62. The lowest BCUT2D eigenvalue weighted by atomic mass is 9.96. The third kappa shape index (κ3) is 2.71. The maximum atomic E-state index is 5.62. The second-order valence-electron chi connectivity index (χ2n) is 6.22. The molecule has 8 heteroatoms. The number of H-pyrrole nitrogens is 1. The molecule has 7 nitrogen and oxygen atoms in total. The van der Waals surface area contributed by atoms with E-state index in [9.17, 15) is 0 Å². The molecule has 0 amide bonds. The van der Waals surface area contributed by atoms with Crippen LogP contribution in [0.5, 0.6) is 0 Å². The average molecular weight is 343 g/mol. The van der Waals surface area contributed by atoms with Gasteiger partial charge in [-0.05, 0) is 32.3 Å². The van der Waals surface area contributed by atoms with Gasteiger partial charge in [0, 0.05) is 23.9 Å². The highest BCUT2D eigenvalue weighted by molar-refractivity contribution is 7.18. The fourth-order valence-electron chi connectivity index (χ4n) is 3.31. The number of aromatic nitrogens is 5. The van der Waals surface area contributed by atoms with Crippen molar-refractivity contribution in [2.24, 2.45) is 0 Å². The number of nitrogens with two attached hydrogens (primary N) is 1. The van der Waals surface area contributed by atoms with Gasteiger partial charge in [-0.2, -0.15) is 4.98 Å². The predicted molar refractivity (Wildman–Crippen MR) is 96.5 cm³/mol. The second kappa shape index (κ2) is 6.01. The Morgan fingerprint density at radius 2 is 2.08 bits per heavy atom. The normalized spacial score (nSPS) is 16.2. The number of piperidine rings is 1. The first-order valence-electron chi connectivity index (χ1n) is 8.34. The van der Waals surface area contributed by atoms with Crippen LogP contribution in [0.25, 0.3) is 10.2 Å². The summed E-state index contributed by atoms with van der Waals surface area (Å²) in [5, 5.41) is 8.08. The number of aromatic amines is 1. The van der Waals surface area contributed by atoms with Crippen LogP contribution in [0.2, 0.25) is 0 Å². The number of nitrogens with zero attached hydrogens (tertiary/aromatic N) is 5. The number of nitrogens with one attached hydrogen (secondary N) is 1. The molecule has 3 aromatic rings. The molecule has 3 aromatic heterocycles. The zero-order chi connectivity index (χ0) is 16.7. The molecule has 0 aromatic carbocycles. The summed E-state index contributed by atoms with van der Waals surface area (Å²) in [7, 11) is 0. The summed E-state index contributed by atoms with van der Waals surface area (Å²) in [5.74, 6) is 3.53. The van der Waals surface area contributed by atoms with Gasteiger partial charge in [-0.25, -0.2) is 9.97 Å². The van der Waals surface area contributed by atoms with E-state index in [-0.39, 0.29) is 0 Å². The molecule has 3 N–H and O–H groups in total. The lowest BCUT2D eigenvalue weighted by Gasteiger charge is -2.32. The minimum Gasteiger partial charge on any atom is -0.367 e. The Kier molecular flexibility index (Phi) is 3.84. The number of nitrogen functional groups attached to an aromatic ring is 1.